The monoisotopic (exact) mass is 291 g/mol. The Balaban J connectivity index is 2.24. The summed E-state index contributed by atoms with van der Waals surface area (Å²) in [5.41, 5.74) is 1.05. The van der Waals surface area contributed by atoms with Crippen LogP contribution in [-0.4, -0.2) is 13.2 Å². The Morgan fingerprint density at radius 1 is 1.05 bits per heavy atom. The second-order valence-electron chi connectivity index (χ2n) is 4.79. The smallest absolute Gasteiger partial charge is 0.200 e. The summed E-state index contributed by atoms with van der Waals surface area (Å²) < 4.78 is 32.7. The van der Waals surface area contributed by atoms with E-state index in [2.05, 4.69) is 5.32 Å². The fourth-order valence-electron chi connectivity index (χ4n) is 2.35. The Kier molecular flexibility index (Phi) is 5.28. The van der Waals surface area contributed by atoms with E-state index in [1.807, 2.05) is 44.3 Å². The molecule has 0 aliphatic heterocycles. The van der Waals surface area contributed by atoms with Crippen molar-refractivity contribution in [2.75, 3.05) is 7.05 Å². The highest BCUT2D eigenvalue weighted by Gasteiger charge is 2.23. The third-order valence-corrected chi connectivity index (χ3v) is 3.44. The molecule has 2 atom stereocenters. The molecule has 112 valence electrons. The molecule has 0 aliphatic rings. The Morgan fingerprint density at radius 3 is 2.38 bits per heavy atom. The average molecular weight is 291 g/mol. The Bertz CT molecular complexity index is 574. The van der Waals surface area contributed by atoms with Crippen LogP contribution in [0, 0.1) is 11.6 Å². The zero-order valence-corrected chi connectivity index (χ0v) is 12.1. The molecule has 0 radical (unpaired) electrons. The molecule has 0 amide bonds. The number of likely N-dealkylation sites (N-methyl/N-ethyl adjacent to an activating group) is 1. The molecule has 0 saturated heterocycles. The van der Waals surface area contributed by atoms with Gasteiger partial charge < -0.3 is 10.1 Å². The summed E-state index contributed by atoms with van der Waals surface area (Å²) in [5.74, 6) is -1.90. The van der Waals surface area contributed by atoms with E-state index in [0.717, 1.165) is 11.6 Å². The molecule has 21 heavy (non-hydrogen) atoms. The first kappa shape index (κ1) is 15.4. The van der Waals surface area contributed by atoms with Crippen molar-refractivity contribution in [2.24, 2.45) is 0 Å². The van der Waals surface area contributed by atoms with Gasteiger partial charge in [0.1, 0.15) is 6.10 Å². The second kappa shape index (κ2) is 7.18. The van der Waals surface area contributed by atoms with E-state index in [9.17, 15) is 8.78 Å². The van der Waals surface area contributed by atoms with E-state index in [1.54, 1.807) is 0 Å². The van der Waals surface area contributed by atoms with E-state index in [4.69, 9.17) is 4.74 Å². The van der Waals surface area contributed by atoms with E-state index in [1.165, 1.54) is 12.1 Å². The van der Waals surface area contributed by atoms with Crippen LogP contribution in [0.4, 0.5) is 8.78 Å². The molecule has 2 rings (SSSR count). The molecular weight excluding hydrogens is 272 g/mol. The Labute approximate surface area is 123 Å². The molecule has 0 aliphatic carbocycles. The van der Waals surface area contributed by atoms with Crippen molar-refractivity contribution in [2.45, 2.75) is 25.5 Å². The first-order chi connectivity index (χ1) is 10.2. The van der Waals surface area contributed by atoms with E-state index in [-0.39, 0.29) is 17.9 Å². The summed E-state index contributed by atoms with van der Waals surface area (Å²) >= 11 is 0. The predicted octanol–water partition coefficient (Wildman–Crippen LogP) is 4.08. The lowest BCUT2D eigenvalue weighted by Crippen LogP contribution is -2.33. The van der Waals surface area contributed by atoms with Gasteiger partial charge in [-0.3, -0.25) is 0 Å². The molecule has 0 spiro atoms. The first-order valence-corrected chi connectivity index (χ1v) is 7.00. The van der Waals surface area contributed by atoms with Crippen molar-refractivity contribution in [3.8, 4) is 5.75 Å². The Morgan fingerprint density at radius 2 is 1.76 bits per heavy atom. The maximum Gasteiger partial charge on any atom is 0.200 e. The largest absolute Gasteiger partial charge is 0.485 e. The normalized spacial score (nSPS) is 13.7. The summed E-state index contributed by atoms with van der Waals surface area (Å²) in [4.78, 5) is 0. The fraction of sp³-hybridized carbons (Fsp3) is 0.294. The summed E-state index contributed by atoms with van der Waals surface area (Å²) in [6, 6.07) is 13.6. The number of hydrogen-bond acceptors (Lipinski definition) is 2. The van der Waals surface area contributed by atoms with Crippen molar-refractivity contribution in [1.82, 2.24) is 5.32 Å². The molecule has 2 nitrogen and oxygen atoms in total. The third-order valence-electron chi connectivity index (χ3n) is 3.44. The van der Waals surface area contributed by atoms with Crippen LogP contribution in [-0.2, 0) is 0 Å². The van der Waals surface area contributed by atoms with E-state index < -0.39 is 11.6 Å². The number of nitrogens with one attached hydrogen (secondary N) is 1. The summed E-state index contributed by atoms with van der Waals surface area (Å²) in [6.45, 7) is 1.95. The molecule has 2 unspecified atom stereocenters. The number of ether oxygens (including phenoxy) is 1. The minimum absolute atomic E-state index is 0.0574. The molecule has 0 aromatic heterocycles. The lowest BCUT2D eigenvalue weighted by Gasteiger charge is -2.27. The number of benzene rings is 2. The molecule has 0 saturated carbocycles. The van der Waals surface area contributed by atoms with Crippen LogP contribution in [0.3, 0.4) is 0 Å². The van der Waals surface area contributed by atoms with Gasteiger partial charge in [-0.15, -0.1) is 0 Å². The maximum absolute atomic E-state index is 13.7. The van der Waals surface area contributed by atoms with Gasteiger partial charge in [-0.25, -0.2) is 4.39 Å². The standard InChI is InChI=1S/C17H19F2NO/c1-3-14(17(20-2)12-8-5-4-6-9-12)21-15-11-7-10-13(18)16(15)19/h4-11,14,17,20H,3H2,1-2H3. The van der Waals surface area contributed by atoms with Gasteiger partial charge in [0, 0.05) is 0 Å². The van der Waals surface area contributed by atoms with Crippen LogP contribution in [0.15, 0.2) is 48.5 Å². The molecule has 1 N–H and O–H groups in total. The van der Waals surface area contributed by atoms with Crippen molar-refractivity contribution in [1.29, 1.82) is 0 Å². The minimum atomic E-state index is -0.945. The van der Waals surface area contributed by atoms with Crippen LogP contribution >= 0.6 is 0 Å². The number of rotatable bonds is 6. The van der Waals surface area contributed by atoms with Crippen LogP contribution in [0.1, 0.15) is 24.9 Å². The van der Waals surface area contributed by atoms with Crippen LogP contribution in [0.5, 0.6) is 5.75 Å². The van der Waals surface area contributed by atoms with Crippen molar-refractivity contribution in [3.05, 3.63) is 65.7 Å². The third kappa shape index (κ3) is 3.58. The van der Waals surface area contributed by atoms with Gasteiger partial charge in [-0.05, 0) is 31.2 Å². The highest BCUT2D eigenvalue weighted by atomic mass is 19.2. The first-order valence-electron chi connectivity index (χ1n) is 7.00. The van der Waals surface area contributed by atoms with Gasteiger partial charge in [0.25, 0.3) is 0 Å². The highest BCUT2D eigenvalue weighted by molar-refractivity contribution is 5.26. The lowest BCUT2D eigenvalue weighted by molar-refractivity contribution is 0.145. The topological polar surface area (TPSA) is 21.3 Å². The van der Waals surface area contributed by atoms with Gasteiger partial charge in [-0.2, -0.15) is 4.39 Å². The van der Waals surface area contributed by atoms with Gasteiger partial charge in [0.15, 0.2) is 11.6 Å². The van der Waals surface area contributed by atoms with Crippen LogP contribution in [0.25, 0.3) is 0 Å². The average Bonchev–Trinajstić information content (AvgIpc) is 2.52. The molecule has 0 bridgehead atoms. The molecule has 4 heteroatoms. The fourth-order valence-corrected chi connectivity index (χ4v) is 2.35. The molecule has 0 heterocycles. The zero-order chi connectivity index (χ0) is 15.2. The molecular formula is C17H19F2NO. The van der Waals surface area contributed by atoms with Crippen LogP contribution < -0.4 is 10.1 Å². The molecule has 2 aromatic carbocycles. The highest BCUT2D eigenvalue weighted by Crippen LogP contribution is 2.26. The SMILES string of the molecule is CCC(Oc1cccc(F)c1F)C(NC)c1ccccc1. The molecule has 0 fully saturated rings. The summed E-state index contributed by atoms with van der Waals surface area (Å²) in [7, 11) is 1.83. The zero-order valence-electron chi connectivity index (χ0n) is 12.1. The maximum atomic E-state index is 13.7. The van der Waals surface area contributed by atoms with Crippen LogP contribution in [0.2, 0.25) is 0 Å². The second-order valence-corrected chi connectivity index (χ2v) is 4.79. The summed E-state index contributed by atoms with van der Waals surface area (Å²) in [6.07, 6.45) is 0.366. The number of halogens is 2. The van der Waals surface area contributed by atoms with Gasteiger partial charge in [0.05, 0.1) is 6.04 Å². The molecule has 2 aromatic rings. The van der Waals surface area contributed by atoms with E-state index >= 15 is 0 Å². The number of hydrogen-bond donors (Lipinski definition) is 1. The Hall–Kier alpha value is -1.94. The lowest BCUT2D eigenvalue weighted by atomic mass is 9.99. The van der Waals surface area contributed by atoms with Gasteiger partial charge >= 0.3 is 0 Å². The van der Waals surface area contributed by atoms with Gasteiger partial charge in [-0.1, -0.05) is 43.3 Å². The van der Waals surface area contributed by atoms with Gasteiger partial charge in [0.2, 0.25) is 5.82 Å². The predicted molar refractivity (Wildman–Crippen MR) is 79.3 cm³/mol. The quantitative estimate of drug-likeness (QED) is 0.865. The van der Waals surface area contributed by atoms with Crippen molar-refractivity contribution in [3.63, 3.8) is 0 Å². The van der Waals surface area contributed by atoms with Crippen molar-refractivity contribution >= 4 is 0 Å². The van der Waals surface area contributed by atoms with Crippen molar-refractivity contribution < 1.29 is 13.5 Å². The van der Waals surface area contributed by atoms with E-state index in [0.29, 0.717) is 6.42 Å². The minimum Gasteiger partial charge on any atom is -0.485 e. The summed E-state index contributed by atoms with van der Waals surface area (Å²) in [5, 5.41) is 3.18.